The number of carbonyl (C=O) groups excluding carboxylic acids is 1. The van der Waals surface area contributed by atoms with Gasteiger partial charge in [-0.3, -0.25) is 4.79 Å². The molecule has 0 spiro atoms. The van der Waals surface area contributed by atoms with E-state index in [0.29, 0.717) is 11.8 Å². The lowest BCUT2D eigenvalue weighted by Crippen LogP contribution is -2.37. The third-order valence-electron chi connectivity index (χ3n) is 2.96. The molecule has 6 nitrogen and oxygen atoms in total. The smallest absolute Gasteiger partial charge is 0.321 e. The van der Waals surface area contributed by atoms with E-state index in [1.165, 1.54) is 12.1 Å². The molecular weight excluding hydrogens is 338 g/mol. The molecule has 0 saturated heterocycles. The van der Waals surface area contributed by atoms with Crippen molar-refractivity contribution in [3.05, 3.63) is 63.8 Å². The molecule has 1 aromatic heterocycles. The van der Waals surface area contributed by atoms with E-state index < -0.39 is 4.92 Å². The summed E-state index contributed by atoms with van der Waals surface area (Å²) in [6.45, 7) is 0. The monoisotopic (exact) mass is 351 g/mol. The van der Waals surface area contributed by atoms with Crippen molar-refractivity contribution < 1.29 is 9.72 Å². The van der Waals surface area contributed by atoms with E-state index in [-0.39, 0.29) is 23.5 Å². The molecule has 2 aromatic rings. The van der Waals surface area contributed by atoms with Gasteiger partial charge in [-0.05, 0) is 23.0 Å². The highest BCUT2D eigenvalue weighted by Gasteiger charge is 2.18. The van der Waals surface area contributed by atoms with Crippen molar-refractivity contribution in [3.63, 3.8) is 0 Å². The average Bonchev–Trinajstić information content (AvgIpc) is 2.97. The second-order valence-electron chi connectivity index (χ2n) is 4.53. The van der Waals surface area contributed by atoms with Crippen LogP contribution in [-0.4, -0.2) is 27.2 Å². The minimum absolute atomic E-state index is 0.0951. The maximum Gasteiger partial charge on any atom is 0.321 e. The van der Waals surface area contributed by atoms with Crippen LogP contribution in [0.4, 0.5) is 5.82 Å². The molecule has 7 heteroatoms. The summed E-state index contributed by atoms with van der Waals surface area (Å²) in [6, 6.07) is 12.4. The van der Waals surface area contributed by atoms with E-state index in [9.17, 15) is 14.9 Å². The van der Waals surface area contributed by atoms with Gasteiger partial charge in [-0.15, -0.1) is 0 Å². The molecule has 0 aliphatic rings. The minimum atomic E-state index is -0.567. The third kappa shape index (κ3) is 4.16. The van der Waals surface area contributed by atoms with Gasteiger partial charge >= 0.3 is 5.82 Å². The second kappa shape index (κ2) is 7.03. The second-order valence-corrected chi connectivity index (χ2v) is 5.18. The fraction of sp³-hybridized carbons (Fsp3) is 0.214. The van der Waals surface area contributed by atoms with Gasteiger partial charge < -0.3 is 15.4 Å². The molecule has 1 amide bonds. The number of halogens is 1. The van der Waals surface area contributed by atoms with Gasteiger partial charge in [0.2, 0.25) is 0 Å². The Labute approximate surface area is 129 Å². The van der Waals surface area contributed by atoms with Gasteiger partial charge in [0.05, 0.1) is 0 Å². The van der Waals surface area contributed by atoms with Crippen LogP contribution in [0.25, 0.3) is 0 Å². The van der Waals surface area contributed by atoms with Gasteiger partial charge in [-0.25, -0.2) is 4.98 Å². The van der Waals surface area contributed by atoms with Crippen molar-refractivity contribution in [2.75, 3.05) is 5.33 Å². The number of carbonyl (C=O) groups is 1. The number of rotatable bonds is 6. The maximum atomic E-state index is 12.1. The Bertz CT molecular complexity index is 627. The van der Waals surface area contributed by atoms with E-state index in [1.807, 2.05) is 30.3 Å². The molecule has 0 bridgehead atoms. The Morgan fingerprint density at radius 2 is 2.00 bits per heavy atom. The number of alkyl halides is 1. The van der Waals surface area contributed by atoms with Crippen molar-refractivity contribution in [3.8, 4) is 0 Å². The zero-order valence-corrected chi connectivity index (χ0v) is 12.7. The summed E-state index contributed by atoms with van der Waals surface area (Å²) in [6.07, 6.45) is 0.681. The molecule has 0 aliphatic heterocycles. The van der Waals surface area contributed by atoms with Gasteiger partial charge in [0.1, 0.15) is 0 Å². The maximum absolute atomic E-state index is 12.1. The Balaban J connectivity index is 2.00. The van der Waals surface area contributed by atoms with E-state index in [0.717, 1.165) is 5.56 Å². The standard InChI is InChI=1S/C14H14BrN3O3/c15-9-11(8-10-4-2-1-3-5-10)16-14(19)12-6-7-13(17-12)18(20)21/h1-7,11,17H,8-9H2,(H,16,19). The molecule has 110 valence electrons. The number of aromatic nitrogens is 1. The SMILES string of the molecule is O=C(NC(CBr)Cc1ccccc1)c1ccc([N+](=O)[O-])[nH]1. The van der Waals surface area contributed by atoms with Crippen molar-refractivity contribution in [2.45, 2.75) is 12.5 Å². The summed E-state index contributed by atoms with van der Waals surface area (Å²) in [5.41, 5.74) is 1.29. The third-order valence-corrected chi connectivity index (χ3v) is 3.74. The zero-order chi connectivity index (χ0) is 15.2. The normalized spacial score (nSPS) is 11.9. The molecule has 0 fully saturated rings. The number of hydrogen-bond donors (Lipinski definition) is 2. The summed E-state index contributed by atoms with van der Waals surface area (Å²) in [5.74, 6) is -0.554. The fourth-order valence-corrected chi connectivity index (χ4v) is 2.32. The number of amides is 1. The number of nitro groups is 1. The van der Waals surface area contributed by atoms with Crippen LogP contribution in [0, 0.1) is 10.1 Å². The molecule has 1 aromatic carbocycles. The van der Waals surface area contributed by atoms with Crippen LogP contribution >= 0.6 is 15.9 Å². The van der Waals surface area contributed by atoms with Gasteiger partial charge in [-0.1, -0.05) is 46.3 Å². The number of benzene rings is 1. The molecule has 1 heterocycles. The van der Waals surface area contributed by atoms with E-state index >= 15 is 0 Å². The largest absolute Gasteiger partial charge is 0.358 e. The van der Waals surface area contributed by atoms with Gasteiger partial charge in [0.25, 0.3) is 5.91 Å². The average molecular weight is 352 g/mol. The van der Waals surface area contributed by atoms with E-state index in [4.69, 9.17) is 0 Å². The van der Waals surface area contributed by atoms with E-state index in [2.05, 4.69) is 26.2 Å². The molecule has 1 unspecified atom stereocenters. The van der Waals surface area contributed by atoms with Crippen LogP contribution < -0.4 is 5.32 Å². The van der Waals surface area contributed by atoms with Crippen molar-refractivity contribution in [1.29, 1.82) is 0 Å². The summed E-state index contributed by atoms with van der Waals surface area (Å²) < 4.78 is 0. The number of H-pyrrole nitrogens is 1. The van der Waals surface area contributed by atoms with Gasteiger partial charge in [0, 0.05) is 17.4 Å². The molecule has 1 atom stereocenters. The van der Waals surface area contributed by atoms with Crippen molar-refractivity contribution in [2.24, 2.45) is 0 Å². The number of aromatic amines is 1. The van der Waals surface area contributed by atoms with Crippen LogP contribution in [0.1, 0.15) is 16.1 Å². The highest BCUT2D eigenvalue weighted by molar-refractivity contribution is 9.09. The van der Waals surface area contributed by atoms with Crippen LogP contribution in [0.2, 0.25) is 0 Å². The Morgan fingerprint density at radius 3 is 2.57 bits per heavy atom. The lowest BCUT2D eigenvalue weighted by Gasteiger charge is -2.15. The molecule has 2 N–H and O–H groups in total. The first-order valence-corrected chi connectivity index (χ1v) is 7.46. The minimum Gasteiger partial charge on any atom is -0.358 e. The summed E-state index contributed by atoms with van der Waals surface area (Å²) in [4.78, 5) is 24.6. The topological polar surface area (TPSA) is 88.0 Å². The van der Waals surface area contributed by atoms with Gasteiger partial charge in [0.15, 0.2) is 5.69 Å². The summed E-state index contributed by atoms with van der Waals surface area (Å²) in [7, 11) is 0. The molecular formula is C14H14BrN3O3. The van der Waals surface area contributed by atoms with Gasteiger partial charge in [-0.2, -0.15) is 0 Å². The first-order valence-electron chi connectivity index (χ1n) is 6.34. The number of nitrogens with zero attached hydrogens (tertiary/aromatic N) is 1. The molecule has 0 radical (unpaired) electrons. The van der Waals surface area contributed by atoms with Crippen LogP contribution in [0.15, 0.2) is 42.5 Å². The fourth-order valence-electron chi connectivity index (χ4n) is 1.93. The Kier molecular flexibility index (Phi) is 5.10. The lowest BCUT2D eigenvalue weighted by atomic mass is 10.1. The highest BCUT2D eigenvalue weighted by atomic mass is 79.9. The predicted octanol–water partition coefficient (Wildman–Crippen LogP) is 2.66. The Morgan fingerprint density at radius 1 is 1.29 bits per heavy atom. The van der Waals surface area contributed by atoms with Crippen LogP contribution in [-0.2, 0) is 6.42 Å². The summed E-state index contributed by atoms with van der Waals surface area (Å²) in [5, 5.41) is 14.0. The van der Waals surface area contributed by atoms with Crippen LogP contribution in [0.3, 0.4) is 0 Å². The number of nitrogens with one attached hydrogen (secondary N) is 2. The molecule has 0 aliphatic carbocycles. The zero-order valence-electron chi connectivity index (χ0n) is 11.1. The molecule has 0 saturated carbocycles. The first kappa shape index (κ1) is 15.2. The molecule has 21 heavy (non-hydrogen) atoms. The quantitative estimate of drug-likeness (QED) is 0.476. The van der Waals surface area contributed by atoms with Crippen LogP contribution in [0.5, 0.6) is 0 Å². The predicted molar refractivity (Wildman–Crippen MR) is 82.6 cm³/mol. The lowest BCUT2D eigenvalue weighted by molar-refractivity contribution is -0.389. The summed E-state index contributed by atoms with van der Waals surface area (Å²) >= 11 is 3.37. The Hall–Kier alpha value is -2.15. The van der Waals surface area contributed by atoms with E-state index in [1.54, 1.807) is 0 Å². The van der Waals surface area contributed by atoms with Crippen molar-refractivity contribution >= 4 is 27.7 Å². The van der Waals surface area contributed by atoms with Crippen molar-refractivity contribution in [1.82, 2.24) is 10.3 Å². The first-order chi connectivity index (χ1) is 10.1. The number of hydrogen-bond acceptors (Lipinski definition) is 3. The molecule has 2 rings (SSSR count). The highest BCUT2D eigenvalue weighted by Crippen LogP contribution is 2.11.